The fourth-order valence-corrected chi connectivity index (χ4v) is 3.32. The van der Waals surface area contributed by atoms with Gasteiger partial charge in [-0.1, -0.05) is 6.07 Å². The van der Waals surface area contributed by atoms with Crippen LogP contribution in [0.2, 0.25) is 0 Å². The Morgan fingerprint density at radius 3 is 2.61 bits per heavy atom. The Hall–Kier alpha value is -2.67. The molecule has 3 rings (SSSR count). The second kappa shape index (κ2) is 5.51. The van der Waals surface area contributed by atoms with Gasteiger partial charge in [-0.3, -0.25) is 4.72 Å². The van der Waals surface area contributed by atoms with Gasteiger partial charge in [-0.15, -0.1) is 0 Å². The predicted molar refractivity (Wildman–Crippen MR) is 84.4 cm³/mol. The van der Waals surface area contributed by atoms with Crippen LogP contribution in [-0.4, -0.2) is 8.42 Å². The Bertz CT molecular complexity index is 1060. The molecule has 0 saturated heterocycles. The third-order valence-corrected chi connectivity index (χ3v) is 4.69. The lowest BCUT2D eigenvalue weighted by atomic mass is 10.1. The molecule has 0 amide bonds. The van der Waals surface area contributed by atoms with Crippen molar-refractivity contribution in [3.8, 4) is 0 Å². The number of sulfonamides is 1. The summed E-state index contributed by atoms with van der Waals surface area (Å²) >= 11 is 0. The summed E-state index contributed by atoms with van der Waals surface area (Å²) in [6.45, 7) is 1.76. The number of rotatable bonds is 3. The smallest absolute Gasteiger partial charge is 0.336 e. The molecule has 0 saturated carbocycles. The number of aryl methyl sites for hydroxylation is 1. The van der Waals surface area contributed by atoms with Gasteiger partial charge in [0.15, 0.2) is 0 Å². The van der Waals surface area contributed by atoms with Gasteiger partial charge in [0.2, 0.25) is 0 Å². The molecule has 5 nitrogen and oxygen atoms in total. The van der Waals surface area contributed by atoms with Gasteiger partial charge < -0.3 is 4.42 Å². The quantitative estimate of drug-likeness (QED) is 0.748. The van der Waals surface area contributed by atoms with Crippen molar-refractivity contribution < 1.29 is 17.2 Å². The van der Waals surface area contributed by atoms with Crippen molar-refractivity contribution in [3.63, 3.8) is 0 Å². The summed E-state index contributed by atoms with van der Waals surface area (Å²) in [6, 6.07) is 10.7. The molecule has 1 heterocycles. The van der Waals surface area contributed by atoms with E-state index in [9.17, 15) is 17.6 Å². The van der Waals surface area contributed by atoms with Crippen LogP contribution in [0.15, 0.2) is 62.6 Å². The van der Waals surface area contributed by atoms with Crippen LogP contribution in [0, 0.1) is 12.7 Å². The van der Waals surface area contributed by atoms with Gasteiger partial charge >= 0.3 is 5.63 Å². The highest BCUT2D eigenvalue weighted by Crippen LogP contribution is 2.23. The van der Waals surface area contributed by atoms with Gasteiger partial charge in [0.05, 0.1) is 10.6 Å². The Labute approximate surface area is 131 Å². The van der Waals surface area contributed by atoms with Crippen molar-refractivity contribution in [1.29, 1.82) is 0 Å². The highest BCUT2D eigenvalue weighted by molar-refractivity contribution is 7.92. The van der Waals surface area contributed by atoms with Gasteiger partial charge in [0, 0.05) is 17.5 Å². The van der Waals surface area contributed by atoms with E-state index in [1.165, 1.54) is 24.3 Å². The largest absolute Gasteiger partial charge is 0.423 e. The van der Waals surface area contributed by atoms with Crippen molar-refractivity contribution in [3.05, 3.63) is 70.3 Å². The van der Waals surface area contributed by atoms with Gasteiger partial charge in [-0.05, 0) is 42.8 Å². The first-order valence-electron chi connectivity index (χ1n) is 6.68. The van der Waals surface area contributed by atoms with E-state index in [2.05, 4.69) is 4.72 Å². The fourth-order valence-electron chi connectivity index (χ4n) is 2.24. The van der Waals surface area contributed by atoms with Crippen LogP contribution < -0.4 is 10.3 Å². The first-order valence-corrected chi connectivity index (χ1v) is 8.16. The van der Waals surface area contributed by atoms with Gasteiger partial charge in [0.1, 0.15) is 11.4 Å². The molecule has 0 fully saturated rings. The van der Waals surface area contributed by atoms with E-state index in [0.717, 1.165) is 17.7 Å². The SMILES string of the molecule is Cc1cc(=O)oc2cc(NS(=O)(=O)c3cccc(F)c3)ccc12. The number of anilines is 1. The summed E-state index contributed by atoms with van der Waals surface area (Å²) < 4.78 is 45.1. The van der Waals surface area contributed by atoms with Crippen LogP contribution in [0.5, 0.6) is 0 Å². The molecule has 0 spiro atoms. The van der Waals surface area contributed by atoms with E-state index in [4.69, 9.17) is 4.42 Å². The second-order valence-corrected chi connectivity index (χ2v) is 6.70. The lowest BCUT2D eigenvalue weighted by Crippen LogP contribution is -2.13. The number of hydrogen-bond acceptors (Lipinski definition) is 4. The maximum absolute atomic E-state index is 13.2. The van der Waals surface area contributed by atoms with Gasteiger partial charge in [0.25, 0.3) is 10.0 Å². The van der Waals surface area contributed by atoms with Crippen LogP contribution in [0.1, 0.15) is 5.56 Å². The molecular formula is C16H12FNO4S. The maximum Gasteiger partial charge on any atom is 0.336 e. The molecular weight excluding hydrogens is 321 g/mol. The fraction of sp³-hybridized carbons (Fsp3) is 0.0625. The third-order valence-electron chi connectivity index (χ3n) is 3.31. The minimum atomic E-state index is -3.93. The molecule has 1 N–H and O–H groups in total. The van der Waals surface area contributed by atoms with Crippen molar-refractivity contribution in [2.45, 2.75) is 11.8 Å². The first kappa shape index (κ1) is 15.2. The van der Waals surface area contributed by atoms with Crippen molar-refractivity contribution in [2.75, 3.05) is 4.72 Å². The molecule has 7 heteroatoms. The van der Waals surface area contributed by atoms with E-state index in [1.54, 1.807) is 19.1 Å². The lowest BCUT2D eigenvalue weighted by Gasteiger charge is -2.09. The zero-order valence-corrected chi connectivity index (χ0v) is 12.9. The van der Waals surface area contributed by atoms with E-state index in [-0.39, 0.29) is 16.2 Å². The van der Waals surface area contributed by atoms with E-state index >= 15 is 0 Å². The predicted octanol–water partition coefficient (Wildman–Crippen LogP) is 3.04. The molecule has 0 radical (unpaired) electrons. The monoisotopic (exact) mass is 333 g/mol. The standard InChI is InChI=1S/C16H12FNO4S/c1-10-7-16(19)22-15-9-12(5-6-14(10)15)18-23(20,21)13-4-2-3-11(17)8-13/h2-9,18H,1H3. The van der Waals surface area contributed by atoms with Crippen LogP contribution in [-0.2, 0) is 10.0 Å². The zero-order chi connectivity index (χ0) is 16.6. The minimum Gasteiger partial charge on any atom is -0.423 e. The third kappa shape index (κ3) is 3.09. The molecule has 0 unspecified atom stereocenters. The second-order valence-electron chi connectivity index (χ2n) is 5.02. The number of fused-ring (bicyclic) bond motifs is 1. The van der Waals surface area contributed by atoms with Gasteiger partial charge in [-0.25, -0.2) is 17.6 Å². The molecule has 0 aliphatic carbocycles. The molecule has 0 bridgehead atoms. The van der Waals surface area contributed by atoms with Crippen molar-refractivity contribution >= 4 is 26.7 Å². The Morgan fingerprint density at radius 1 is 1.09 bits per heavy atom. The number of nitrogens with one attached hydrogen (secondary N) is 1. The van der Waals surface area contributed by atoms with E-state index in [0.29, 0.717) is 5.39 Å². The number of benzene rings is 2. The average molecular weight is 333 g/mol. The molecule has 118 valence electrons. The first-order chi connectivity index (χ1) is 10.8. The van der Waals surface area contributed by atoms with E-state index < -0.39 is 21.5 Å². The Morgan fingerprint density at radius 2 is 1.87 bits per heavy atom. The van der Waals surface area contributed by atoms with Crippen LogP contribution >= 0.6 is 0 Å². The average Bonchev–Trinajstić information content (AvgIpc) is 2.46. The summed E-state index contributed by atoms with van der Waals surface area (Å²) in [6.07, 6.45) is 0. The molecule has 23 heavy (non-hydrogen) atoms. The van der Waals surface area contributed by atoms with Crippen LogP contribution in [0.4, 0.5) is 10.1 Å². The van der Waals surface area contributed by atoms with Crippen molar-refractivity contribution in [1.82, 2.24) is 0 Å². The Kier molecular flexibility index (Phi) is 3.65. The molecule has 0 atom stereocenters. The van der Waals surface area contributed by atoms with Gasteiger partial charge in [-0.2, -0.15) is 0 Å². The molecule has 0 aliphatic heterocycles. The molecule has 3 aromatic rings. The summed E-state index contributed by atoms with van der Waals surface area (Å²) in [5, 5.41) is 0.707. The molecule has 1 aromatic heterocycles. The molecule has 2 aromatic carbocycles. The maximum atomic E-state index is 13.2. The summed E-state index contributed by atoms with van der Waals surface area (Å²) in [5.74, 6) is -0.645. The van der Waals surface area contributed by atoms with Crippen molar-refractivity contribution in [2.24, 2.45) is 0 Å². The van der Waals surface area contributed by atoms with E-state index in [1.807, 2.05) is 0 Å². The van der Waals surface area contributed by atoms with Crippen LogP contribution in [0.3, 0.4) is 0 Å². The topological polar surface area (TPSA) is 76.4 Å². The number of halogens is 1. The van der Waals surface area contributed by atoms with Crippen LogP contribution in [0.25, 0.3) is 11.0 Å². The normalized spacial score (nSPS) is 11.6. The minimum absolute atomic E-state index is 0.191. The zero-order valence-electron chi connectivity index (χ0n) is 12.0. The highest BCUT2D eigenvalue weighted by atomic mass is 32.2. The summed E-state index contributed by atoms with van der Waals surface area (Å²) in [5.41, 5.74) is 0.709. The Balaban J connectivity index is 2.03. The lowest BCUT2D eigenvalue weighted by molar-refractivity contribution is 0.560. The molecule has 0 aliphatic rings. The highest BCUT2D eigenvalue weighted by Gasteiger charge is 2.15. The summed E-state index contributed by atoms with van der Waals surface area (Å²) in [7, 11) is -3.93. The number of hydrogen-bond donors (Lipinski definition) is 1. The summed E-state index contributed by atoms with van der Waals surface area (Å²) in [4.78, 5) is 11.2.